The van der Waals surface area contributed by atoms with E-state index in [1.807, 2.05) is 18.7 Å². The summed E-state index contributed by atoms with van der Waals surface area (Å²) in [5, 5.41) is 8.87. The van der Waals surface area contributed by atoms with Gasteiger partial charge >= 0.3 is 0 Å². The van der Waals surface area contributed by atoms with Crippen LogP contribution in [-0.2, 0) is 7.05 Å². The largest absolute Gasteiger partial charge is 0.262 e. The maximum absolute atomic E-state index is 8.07. The molecule has 14 heavy (non-hydrogen) atoms. The molecule has 0 aliphatic rings. The maximum Gasteiger partial charge on any atom is 0.0939 e. The minimum absolute atomic E-state index is 0.570. The van der Waals surface area contributed by atoms with Crippen molar-refractivity contribution >= 4 is 11.8 Å². The molecule has 0 atom stereocenters. The normalized spacial score (nSPS) is 9.86. The molecule has 0 fully saturated rings. The summed E-state index contributed by atoms with van der Waals surface area (Å²) in [5.74, 6) is 0.956. The zero-order valence-electron chi connectivity index (χ0n) is 8.34. The first-order valence-corrected chi connectivity index (χ1v) is 5.37. The van der Waals surface area contributed by atoms with Crippen LogP contribution in [0.15, 0.2) is 16.2 Å². The number of hydrogen-bond donors (Lipinski definition) is 0. The van der Waals surface area contributed by atoms with Gasteiger partial charge in [0.05, 0.1) is 10.7 Å². The van der Waals surface area contributed by atoms with Crippen LogP contribution in [0.25, 0.3) is 10.4 Å². The monoisotopic (exact) mass is 211 g/mol. The Kier molecular flexibility index (Phi) is 4.35. The second kappa shape index (κ2) is 5.57. The first-order chi connectivity index (χ1) is 6.74. The van der Waals surface area contributed by atoms with Gasteiger partial charge in [-0.2, -0.15) is 5.10 Å². The quantitative estimate of drug-likeness (QED) is 0.247. The Balaban J connectivity index is 2.31. The third-order valence-corrected chi connectivity index (χ3v) is 2.85. The van der Waals surface area contributed by atoms with Gasteiger partial charge in [-0.15, -0.1) is 11.8 Å². The zero-order chi connectivity index (χ0) is 10.4. The Bertz CT molecular complexity index is 340. The SMILES string of the molecule is Cc1cc(SCCCN=[N+]=[N-])n(C)n1. The molecule has 0 amide bonds. The Morgan fingerprint density at radius 3 is 3.07 bits per heavy atom. The molecule has 5 nitrogen and oxygen atoms in total. The summed E-state index contributed by atoms with van der Waals surface area (Å²) in [6, 6.07) is 2.05. The molecule has 76 valence electrons. The van der Waals surface area contributed by atoms with E-state index in [4.69, 9.17) is 5.53 Å². The fraction of sp³-hybridized carbons (Fsp3) is 0.625. The lowest BCUT2D eigenvalue weighted by atomic mass is 10.5. The van der Waals surface area contributed by atoms with E-state index < -0.39 is 0 Å². The van der Waals surface area contributed by atoms with Gasteiger partial charge in [-0.1, -0.05) is 5.11 Å². The van der Waals surface area contributed by atoms with Crippen LogP contribution in [0.1, 0.15) is 12.1 Å². The van der Waals surface area contributed by atoms with Crippen LogP contribution in [0.4, 0.5) is 0 Å². The number of aromatic nitrogens is 2. The van der Waals surface area contributed by atoms with Crippen LogP contribution in [-0.4, -0.2) is 22.1 Å². The number of nitrogens with zero attached hydrogens (tertiary/aromatic N) is 5. The third kappa shape index (κ3) is 3.32. The average molecular weight is 211 g/mol. The first-order valence-electron chi connectivity index (χ1n) is 4.38. The molecule has 1 aromatic heterocycles. The van der Waals surface area contributed by atoms with Crippen LogP contribution in [0.3, 0.4) is 0 Å². The Hall–Kier alpha value is -1.13. The molecule has 0 saturated carbocycles. The van der Waals surface area contributed by atoms with Crippen molar-refractivity contribution in [1.82, 2.24) is 9.78 Å². The molecule has 0 saturated heterocycles. The van der Waals surface area contributed by atoms with E-state index in [1.165, 1.54) is 0 Å². The maximum atomic E-state index is 8.07. The molecule has 6 heteroatoms. The minimum atomic E-state index is 0.570. The lowest BCUT2D eigenvalue weighted by Crippen LogP contribution is -1.93. The highest BCUT2D eigenvalue weighted by Crippen LogP contribution is 2.18. The lowest BCUT2D eigenvalue weighted by Gasteiger charge is -1.99. The lowest BCUT2D eigenvalue weighted by molar-refractivity contribution is 0.692. The molecule has 1 heterocycles. The standard InChI is InChI=1S/C8H13N5S/c1-7-6-8(13(2)11-7)14-5-3-4-10-12-9/h6H,3-5H2,1-2H3. The molecule has 0 aliphatic carbocycles. The van der Waals surface area contributed by atoms with E-state index in [0.717, 1.165) is 22.9 Å². The van der Waals surface area contributed by atoms with Gasteiger partial charge in [-0.25, -0.2) is 0 Å². The van der Waals surface area contributed by atoms with Gasteiger partial charge in [0, 0.05) is 18.5 Å². The van der Waals surface area contributed by atoms with Crippen LogP contribution in [0, 0.1) is 6.92 Å². The van der Waals surface area contributed by atoms with Gasteiger partial charge in [0.15, 0.2) is 0 Å². The smallest absolute Gasteiger partial charge is 0.0939 e. The number of hydrogen-bond acceptors (Lipinski definition) is 3. The molecule has 1 aromatic rings. The highest BCUT2D eigenvalue weighted by atomic mass is 32.2. The predicted molar refractivity (Wildman–Crippen MR) is 57.3 cm³/mol. The van der Waals surface area contributed by atoms with Crippen molar-refractivity contribution in [2.45, 2.75) is 18.4 Å². The highest BCUT2D eigenvalue weighted by Gasteiger charge is 2.01. The van der Waals surface area contributed by atoms with Gasteiger partial charge in [0.2, 0.25) is 0 Å². The number of rotatable bonds is 5. The van der Waals surface area contributed by atoms with E-state index in [0.29, 0.717) is 6.54 Å². The van der Waals surface area contributed by atoms with Gasteiger partial charge in [-0.3, -0.25) is 4.68 Å². The van der Waals surface area contributed by atoms with E-state index in [-0.39, 0.29) is 0 Å². The van der Waals surface area contributed by atoms with Crippen molar-refractivity contribution in [3.8, 4) is 0 Å². The molecule has 0 unspecified atom stereocenters. The summed E-state index contributed by atoms with van der Waals surface area (Å²) in [5.41, 5.74) is 9.10. The second-order valence-corrected chi connectivity index (χ2v) is 4.02. The zero-order valence-corrected chi connectivity index (χ0v) is 9.16. The van der Waals surface area contributed by atoms with E-state index >= 15 is 0 Å². The topological polar surface area (TPSA) is 66.6 Å². The summed E-state index contributed by atoms with van der Waals surface area (Å²) in [6.45, 7) is 2.55. The van der Waals surface area contributed by atoms with E-state index in [2.05, 4.69) is 21.2 Å². The van der Waals surface area contributed by atoms with Crippen molar-refractivity contribution < 1.29 is 0 Å². The number of thioether (sulfide) groups is 1. The molecule has 1 rings (SSSR count). The molecule has 0 N–H and O–H groups in total. The summed E-state index contributed by atoms with van der Waals surface area (Å²) >= 11 is 1.74. The average Bonchev–Trinajstić information content (AvgIpc) is 2.45. The number of azide groups is 1. The minimum Gasteiger partial charge on any atom is -0.262 e. The van der Waals surface area contributed by atoms with Crippen molar-refractivity contribution in [3.63, 3.8) is 0 Å². The molecular weight excluding hydrogens is 198 g/mol. The van der Waals surface area contributed by atoms with Crippen molar-refractivity contribution in [2.75, 3.05) is 12.3 Å². The van der Waals surface area contributed by atoms with Crippen molar-refractivity contribution in [1.29, 1.82) is 0 Å². The highest BCUT2D eigenvalue weighted by molar-refractivity contribution is 7.99. The van der Waals surface area contributed by atoms with Crippen molar-refractivity contribution in [2.24, 2.45) is 12.2 Å². The Morgan fingerprint density at radius 2 is 2.50 bits per heavy atom. The fourth-order valence-corrected chi connectivity index (χ4v) is 2.04. The molecular formula is C8H13N5S. The Morgan fingerprint density at radius 1 is 1.71 bits per heavy atom. The summed E-state index contributed by atoms with van der Waals surface area (Å²) in [6.07, 6.45) is 0.902. The number of aryl methyl sites for hydroxylation is 2. The van der Waals surface area contributed by atoms with Crippen LogP contribution < -0.4 is 0 Å². The van der Waals surface area contributed by atoms with E-state index in [1.54, 1.807) is 11.8 Å². The van der Waals surface area contributed by atoms with Gasteiger partial charge < -0.3 is 0 Å². The van der Waals surface area contributed by atoms with Crippen LogP contribution in [0.2, 0.25) is 0 Å². The summed E-state index contributed by atoms with van der Waals surface area (Å²) < 4.78 is 1.87. The predicted octanol–water partition coefficient (Wildman–Crippen LogP) is 2.52. The molecule has 0 aromatic carbocycles. The second-order valence-electron chi connectivity index (χ2n) is 2.90. The molecule has 0 aliphatic heterocycles. The Labute approximate surface area is 87.1 Å². The summed E-state index contributed by atoms with van der Waals surface area (Å²) in [4.78, 5) is 2.70. The van der Waals surface area contributed by atoms with E-state index in [9.17, 15) is 0 Å². The molecule has 0 radical (unpaired) electrons. The van der Waals surface area contributed by atoms with Gasteiger partial charge in [0.25, 0.3) is 0 Å². The van der Waals surface area contributed by atoms with Crippen LogP contribution >= 0.6 is 11.8 Å². The van der Waals surface area contributed by atoms with Crippen molar-refractivity contribution in [3.05, 3.63) is 22.2 Å². The van der Waals surface area contributed by atoms with Crippen LogP contribution in [0.5, 0.6) is 0 Å². The first kappa shape index (κ1) is 10.9. The summed E-state index contributed by atoms with van der Waals surface area (Å²) in [7, 11) is 1.93. The molecule has 0 spiro atoms. The van der Waals surface area contributed by atoms with Gasteiger partial charge in [-0.05, 0) is 30.7 Å². The van der Waals surface area contributed by atoms with Gasteiger partial charge in [0.1, 0.15) is 0 Å². The fourth-order valence-electron chi connectivity index (χ4n) is 1.08. The molecule has 0 bridgehead atoms. The third-order valence-electron chi connectivity index (χ3n) is 1.67.